The highest BCUT2D eigenvalue weighted by molar-refractivity contribution is 6.31. The highest BCUT2D eigenvalue weighted by Crippen LogP contribution is 2.31. The molecule has 0 spiro atoms. The number of rotatable bonds is 5. The minimum Gasteiger partial charge on any atom is -0.367 e. The number of benzene rings is 2. The number of piperazine rings is 1. The first kappa shape index (κ1) is 19.6. The average molecular weight is 390 g/mol. The molecule has 1 aliphatic rings. The molecule has 0 aromatic heterocycles. The van der Waals surface area contributed by atoms with Gasteiger partial charge in [0.05, 0.1) is 11.4 Å². The van der Waals surface area contributed by atoms with Gasteiger partial charge in [-0.25, -0.2) is 4.39 Å². The smallest absolute Gasteiger partial charge is 0.225 e. The molecule has 6 heteroatoms. The topological polar surface area (TPSA) is 35.6 Å². The zero-order valence-electron chi connectivity index (χ0n) is 15.7. The van der Waals surface area contributed by atoms with Crippen LogP contribution in [0.2, 0.25) is 5.02 Å². The summed E-state index contributed by atoms with van der Waals surface area (Å²) < 4.78 is 13.1. The molecule has 27 heavy (non-hydrogen) atoms. The molecule has 0 aliphatic carbocycles. The molecule has 144 valence electrons. The van der Waals surface area contributed by atoms with Gasteiger partial charge in [0.15, 0.2) is 0 Å². The zero-order chi connectivity index (χ0) is 19.4. The number of carbonyl (C=O) groups is 1. The fourth-order valence-corrected chi connectivity index (χ4v) is 3.49. The van der Waals surface area contributed by atoms with E-state index in [4.69, 9.17) is 11.6 Å². The third-order valence-corrected chi connectivity index (χ3v) is 5.24. The van der Waals surface area contributed by atoms with E-state index in [0.29, 0.717) is 11.4 Å². The first-order chi connectivity index (χ1) is 12.9. The summed E-state index contributed by atoms with van der Waals surface area (Å²) in [5, 5.41) is 3.61. The normalized spacial score (nSPS) is 16.2. The Labute approximate surface area is 164 Å². The van der Waals surface area contributed by atoms with E-state index in [9.17, 15) is 9.18 Å². The molecule has 1 aliphatic heterocycles. The van der Waals surface area contributed by atoms with Crippen molar-refractivity contribution in [2.75, 3.05) is 43.4 Å². The maximum absolute atomic E-state index is 13.1. The molecule has 2 aromatic rings. The summed E-state index contributed by atoms with van der Waals surface area (Å²) in [4.78, 5) is 17.2. The van der Waals surface area contributed by atoms with E-state index in [1.807, 2.05) is 19.1 Å². The molecule has 1 saturated heterocycles. The van der Waals surface area contributed by atoms with Crippen LogP contribution >= 0.6 is 11.6 Å². The molecule has 1 heterocycles. The standard InChI is InChI=1S/C21H25ClFN3O/c1-15(16-3-6-18(23)7-4-16)13-21(27)24-19-14-17(22)5-8-20(19)26-11-9-25(2)10-12-26/h3-8,14-15H,9-13H2,1-2H3,(H,24,27). The van der Waals surface area contributed by atoms with Crippen molar-refractivity contribution in [1.29, 1.82) is 0 Å². The van der Waals surface area contributed by atoms with Crippen molar-refractivity contribution in [3.05, 3.63) is 58.9 Å². The summed E-state index contributed by atoms with van der Waals surface area (Å²) in [6.07, 6.45) is 0.320. The Bertz CT molecular complexity index is 789. The van der Waals surface area contributed by atoms with E-state index in [1.54, 1.807) is 18.2 Å². The number of nitrogens with one attached hydrogen (secondary N) is 1. The first-order valence-electron chi connectivity index (χ1n) is 9.21. The molecule has 0 radical (unpaired) electrons. The molecule has 1 fully saturated rings. The van der Waals surface area contributed by atoms with Crippen molar-refractivity contribution in [1.82, 2.24) is 4.90 Å². The highest BCUT2D eigenvalue weighted by Gasteiger charge is 2.19. The van der Waals surface area contributed by atoms with Crippen LogP contribution in [0, 0.1) is 5.82 Å². The molecule has 1 unspecified atom stereocenters. The number of amides is 1. The third-order valence-electron chi connectivity index (χ3n) is 5.01. The maximum atomic E-state index is 13.1. The largest absolute Gasteiger partial charge is 0.367 e. The lowest BCUT2D eigenvalue weighted by atomic mass is 9.97. The Hall–Kier alpha value is -2.11. The molecule has 1 atom stereocenters. The van der Waals surface area contributed by atoms with Gasteiger partial charge in [0.2, 0.25) is 5.91 Å². The monoisotopic (exact) mass is 389 g/mol. The molecule has 1 N–H and O–H groups in total. The number of hydrogen-bond donors (Lipinski definition) is 1. The molecular formula is C21H25ClFN3O. The van der Waals surface area contributed by atoms with Gasteiger partial charge in [0.25, 0.3) is 0 Å². The van der Waals surface area contributed by atoms with Gasteiger partial charge in [-0.15, -0.1) is 0 Å². The average Bonchev–Trinajstić information content (AvgIpc) is 2.63. The van der Waals surface area contributed by atoms with Gasteiger partial charge in [-0.05, 0) is 48.9 Å². The Morgan fingerprint density at radius 1 is 1.15 bits per heavy atom. The van der Waals surface area contributed by atoms with Crippen LogP contribution in [0.3, 0.4) is 0 Å². The Morgan fingerprint density at radius 3 is 2.48 bits per heavy atom. The van der Waals surface area contributed by atoms with E-state index < -0.39 is 0 Å². The van der Waals surface area contributed by atoms with Crippen molar-refractivity contribution in [2.24, 2.45) is 0 Å². The van der Waals surface area contributed by atoms with Gasteiger partial charge in [0.1, 0.15) is 5.82 Å². The lowest BCUT2D eigenvalue weighted by Gasteiger charge is -2.35. The molecule has 0 saturated carbocycles. The van der Waals surface area contributed by atoms with Gasteiger partial charge in [-0.1, -0.05) is 30.7 Å². The molecule has 1 amide bonds. The van der Waals surface area contributed by atoms with Crippen molar-refractivity contribution in [2.45, 2.75) is 19.3 Å². The fourth-order valence-electron chi connectivity index (χ4n) is 3.32. The van der Waals surface area contributed by atoms with E-state index in [-0.39, 0.29) is 17.6 Å². The number of anilines is 2. The van der Waals surface area contributed by atoms with Crippen LogP contribution in [-0.2, 0) is 4.79 Å². The van der Waals surface area contributed by atoms with Gasteiger partial charge < -0.3 is 15.1 Å². The first-order valence-corrected chi connectivity index (χ1v) is 9.58. The molecular weight excluding hydrogens is 365 g/mol. The summed E-state index contributed by atoms with van der Waals surface area (Å²) >= 11 is 6.17. The van der Waals surface area contributed by atoms with Gasteiger partial charge in [-0.2, -0.15) is 0 Å². The summed E-state index contributed by atoms with van der Waals surface area (Å²) in [5.74, 6) is -0.354. The van der Waals surface area contributed by atoms with Gasteiger partial charge in [0, 0.05) is 37.6 Å². The van der Waals surface area contributed by atoms with Crippen LogP contribution in [0.15, 0.2) is 42.5 Å². The van der Waals surface area contributed by atoms with Crippen LogP contribution in [0.4, 0.5) is 15.8 Å². The summed E-state index contributed by atoms with van der Waals surface area (Å²) in [7, 11) is 2.11. The number of nitrogens with zero attached hydrogens (tertiary/aromatic N) is 2. The van der Waals surface area contributed by atoms with E-state index >= 15 is 0 Å². The predicted molar refractivity (Wildman–Crippen MR) is 109 cm³/mol. The van der Waals surface area contributed by atoms with Crippen molar-refractivity contribution in [3.63, 3.8) is 0 Å². The zero-order valence-corrected chi connectivity index (χ0v) is 16.5. The molecule has 2 aromatic carbocycles. The molecule has 3 rings (SSSR count). The van der Waals surface area contributed by atoms with Crippen LogP contribution < -0.4 is 10.2 Å². The number of hydrogen-bond acceptors (Lipinski definition) is 3. The number of halogens is 2. The Morgan fingerprint density at radius 2 is 1.81 bits per heavy atom. The number of likely N-dealkylation sites (N-methyl/N-ethyl adjacent to an activating group) is 1. The van der Waals surface area contributed by atoms with E-state index in [0.717, 1.165) is 43.1 Å². The predicted octanol–water partition coefficient (Wildman–Crippen LogP) is 4.36. The summed E-state index contributed by atoms with van der Waals surface area (Å²) in [6, 6.07) is 11.9. The van der Waals surface area contributed by atoms with Crippen LogP contribution in [0.5, 0.6) is 0 Å². The SMILES string of the molecule is CC(CC(=O)Nc1cc(Cl)ccc1N1CCN(C)CC1)c1ccc(F)cc1. The molecule has 0 bridgehead atoms. The number of carbonyl (C=O) groups excluding carboxylic acids is 1. The second-order valence-electron chi connectivity index (χ2n) is 7.16. The van der Waals surface area contributed by atoms with E-state index in [1.165, 1.54) is 12.1 Å². The second-order valence-corrected chi connectivity index (χ2v) is 7.59. The van der Waals surface area contributed by atoms with E-state index in [2.05, 4.69) is 22.2 Å². The van der Waals surface area contributed by atoms with Gasteiger partial charge in [-0.3, -0.25) is 4.79 Å². The maximum Gasteiger partial charge on any atom is 0.225 e. The van der Waals surface area contributed by atoms with Crippen LogP contribution in [0.25, 0.3) is 0 Å². The highest BCUT2D eigenvalue weighted by atomic mass is 35.5. The summed E-state index contributed by atoms with van der Waals surface area (Å²) in [6.45, 7) is 5.75. The van der Waals surface area contributed by atoms with Gasteiger partial charge >= 0.3 is 0 Å². The lowest BCUT2D eigenvalue weighted by Crippen LogP contribution is -2.44. The van der Waals surface area contributed by atoms with Crippen LogP contribution in [-0.4, -0.2) is 44.0 Å². The molecule has 4 nitrogen and oxygen atoms in total. The van der Waals surface area contributed by atoms with Crippen molar-refractivity contribution < 1.29 is 9.18 Å². The quantitative estimate of drug-likeness (QED) is 0.825. The lowest BCUT2D eigenvalue weighted by molar-refractivity contribution is -0.116. The fraction of sp³-hybridized carbons (Fsp3) is 0.381. The van der Waals surface area contributed by atoms with Crippen LogP contribution in [0.1, 0.15) is 24.8 Å². The Kier molecular flexibility index (Phi) is 6.34. The minimum atomic E-state index is -0.272. The van der Waals surface area contributed by atoms with Crippen molar-refractivity contribution in [3.8, 4) is 0 Å². The van der Waals surface area contributed by atoms with Crippen molar-refractivity contribution >= 4 is 28.9 Å². The third kappa shape index (κ3) is 5.21. The second kappa shape index (κ2) is 8.72. The Balaban J connectivity index is 1.69. The summed E-state index contributed by atoms with van der Waals surface area (Å²) in [5.41, 5.74) is 2.68. The minimum absolute atomic E-state index is 0.00290.